The number of nitrogens with zero attached hydrogens (tertiary/aromatic N) is 3. The Kier molecular flexibility index (Phi) is 12.5. The van der Waals surface area contributed by atoms with Crippen LogP contribution in [-0.2, 0) is 45.5 Å². The van der Waals surface area contributed by atoms with Gasteiger partial charge in [-0.25, -0.2) is 4.79 Å². The molecule has 3 aromatic rings. The van der Waals surface area contributed by atoms with Crippen LogP contribution in [0.1, 0.15) is 107 Å². The highest BCUT2D eigenvalue weighted by molar-refractivity contribution is 6.74. The van der Waals surface area contributed by atoms with Crippen molar-refractivity contribution in [1.82, 2.24) is 14.8 Å². The molecule has 14 nitrogen and oxygen atoms in total. The maximum Gasteiger partial charge on any atom is 0.342 e. The molecular formula is C54H74N4O10Si. The minimum atomic E-state index is -2.69. The number of carbonyl (C=O) groups is 3. The minimum absolute atomic E-state index is 0.0939. The Morgan fingerprint density at radius 1 is 0.913 bits per heavy atom. The lowest BCUT2D eigenvalue weighted by Gasteiger charge is -2.65. The van der Waals surface area contributed by atoms with Gasteiger partial charge in [0.15, 0.2) is 8.32 Å². The van der Waals surface area contributed by atoms with Crippen molar-refractivity contribution in [2.24, 2.45) is 11.3 Å². The zero-order valence-corrected chi connectivity index (χ0v) is 42.6. The monoisotopic (exact) mass is 967 g/mol. The number of carbonyl (C=O) groups excluding carboxylic acids is 2. The smallest absolute Gasteiger partial charge is 0.342 e. The predicted octanol–water partition coefficient (Wildman–Crippen LogP) is 6.83. The predicted molar refractivity (Wildman–Crippen MR) is 265 cm³/mol. The van der Waals surface area contributed by atoms with Gasteiger partial charge in [0.1, 0.15) is 11.2 Å². The summed E-state index contributed by atoms with van der Waals surface area (Å²) in [5, 5.41) is 36.9. The third-order valence-corrected chi connectivity index (χ3v) is 23.3. The summed E-state index contributed by atoms with van der Waals surface area (Å²) in [6.07, 6.45) is 11.2. The number of carboxylic acids is 1. The van der Waals surface area contributed by atoms with Gasteiger partial charge in [-0.2, -0.15) is 0 Å². The van der Waals surface area contributed by atoms with Crippen LogP contribution in [0.25, 0.3) is 10.9 Å². The van der Waals surface area contributed by atoms with E-state index >= 15 is 9.59 Å². The van der Waals surface area contributed by atoms with E-state index in [2.05, 4.69) is 57.0 Å². The molecular weight excluding hydrogens is 893 g/mol. The molecule has 6 aliphatic heterocycles. The van der Waals surface area contributed by atoms with Crippen LogP contribution >= 0.6 is 0 Å². The molecule has 374 valence electrons. The Morgan fingerprint density at radius 2 is 1.68 bits per heavy atom. The number of esters is 2. The molecule has 10 atom stereocenters. The quantitative estimate of drug-likeness (QED) is 0.0609. The van der Waals surface area contributed by atoms with Crippen molar-refractivity contribution in [3.63, 3.8) is 0 Å². The number of aromatic nitrogens is 1. The highest BCUT2D eigenvalue weighted by Gasteiger charge is 2.80. The van der Waals surface area contributed by atoms with Crippen LogP contribution in [-0.4, -0.2) is 147 Å². The van der Waals surface area contributed by atoms with Gasteiger partial charge in [0, 0.05) is 90.4 Å². The van der Waals surface area contributed by atoms with Crippen LogP contribution < -0.4 is 9.64 Å². The van der Waals surface area contributed by atoms with E-state index in [0.717, 1.165) is 70.8 Å². The van der Waals surface area contributed by atoms with E-state index in [1.807, 2.05) is 32.2 Å². The van der Waals surface area contributed by atoms with Crippen molar-refractivity contribution in [1.29, 1.82) is 0 Å². The number of carboxylic acid groups (broad SMARTS) is 1. The normalized spacial score (nSPS) is 35.5. The number of hydrogen-bond acceptors (Lipinski definition) is 12. The lowest BCUT2D eigenvalue weighted by Crippen LogP contribution is -2.82. The Labute approximate surface area is 407 Å². The number of nitrogens with one attached hydrogen (secondary N) is 1. The van der Waals surface area contributed by atoms with E-state index < -0.39 is 65.8 Å². The number of likely N-dealkylation sites (N-methyl/N-ethyl adjacent to an activating group) is 1. The number of anilines is 1. The Hall–Kier alpha value is -4.25. The van der Waals surface area contributed by atoms with Crippen molar-refractivity contribution >= 4 is 42.8 Å². The molecule has 2 unspecified atom stereocenters. The second-order valence-electron chi connectivity index (χ2n) is 22.1. The summed E-state index contributed by atoms with van der Waals surface area (Å²) < 4.78 is 26.2. The Balaban J connectivity index is 1.21. The number of aromatic amines is 1. The van der Waals surface area contributed by atoms with E-state index in [4.69, 9.17) is 18.6 Å². The molecule has 4 fully saturated rings. The summed E-state index contributed by atoms with van der Waals surface area (Å²) in [5.41, 5.74) is -1.05. The summed E-state index contributed by atoms with van der Waals surface area (Å²) in [6.45, 7) is 7.60. The molecule has 2 aromatic carbocycles. The second-order valence-corrected chi connectivity index (χ2v) is 26.2. The standard InChI is InChI=1S/C54H74N4O10Si/c1-7-50(63)31-35-32-53(48(61)66-5,44-37(20-24-57(33-35)34-50)36-17-10-11-18-40(36)55-44)39-29-38-41(30-42(39)65-4)56(3)46-52(38)22-25-58-23-16-21-51(8-2,45(52)58)47(54(46,64)49(62)67-6)68-69(26-13-9-14-27-69)28-15-12-19-43(59)60/h10-11,16-18,21,29-30,35,45-47,55,63-64H,7-9,12-15,19-20,22-28,31-34H2,1-6H3,(H,59,60)/t35-,45?,46+,47+,50-,51+,52+,53-,54-/m0/s1. The number of aliphatic hydroxyl groups is 2. The number of methoxy groups -OCH3 is 3. The highest BCUT2D eigenvalue weighted by atomic mass is 28.4. The van der Waals surface area contributed by atoms with Crippen LogP contribution in [0, 0.1) is 11.3 Å². The number of rotatable bonds is 13. The fourth-order valence-electron chi connectivity index (χ4n) is 15.9. The van der Waals surface area contributed by atoms with Crippen molar-refractivity contribution in [3.05, 3.63) is 70.9 Å². The van der Waals surface area contributed by atoms with E-state index in [1.165, 1.54) is 14.2 Å². The molecule has 1 spiro atoms. The Bertz CT molecular complexity index is 2530. The van der Waals surface area contributed by atoms with Crippen molar-refractivity contribution in [3.8, 4) is 5.75 Å². The number of fused-ring (bicyclic) bond motifs is 6. The summed E-state index contributed by atoms with van der Waals surface area (Å²) in [7, 11) is 3.74. The molecule has 4 N–H and O–H groups in total. The van der Waals surface area contributed by atoms with Gasteiger partial charge in [0.2, 0.25) is 5.60 Å². The number of para-hydroxylation sites is 1. The zero-order chi connectivity index (χ0) is 48.7. The fraction of sp³-hybridized carbons (Fsp3) is 0.648. The molecule has 69 heavy (non-hydrogen) atoms. The molecule has 2 bridgehead atoms. The minimum Gasteiger partial charge on any atom is -0.496 e. The zero-order valence-electron chi connectivity index (χ0n) is 41.6. The van der Waals surface area contributed by atoms with Gasteiger partial charge in [0.05, 0.1) is 39.1 Å². The first-order chi connectivity index (χ1) is 33.1. The van der Waals surface area contributed by atoms with Gasteiger partial charge >= 0.3 is 17.9 Å². The van der Waals surface area contributed by atoms with Gasteiger partial charge < -0.3 is 43.8 Å². The van der Waals surface area contributed by atoms with Gasteiger partial charge in [-0.05, 0) is 98.8 Å². The summed E-state index contributed by atoms with van der Waals surface area (Å²) >= 11 is 0. The lowest BCUT2D eigenvalue weighted by molar-refractivity contribution is -0.214. The summed E-state index contributed by atoms with van der Waals surface area (Å²) in [4.78, 5) is 53.2. The molecule has 1 saturated carbocycles. The van der Waals surface area contributed by atoms with Crippen molar-refractivity contribution in [2.75, 3.05) is 66.0 Å². The first kappa shape index (κ1) is 48.4. The summed E-state index contributed by atoms with van der Waals surface area (Å²) in [6, 6.07) is 13.9. The van der Waals surface area contributed by atoms with Crippen LogP contribution in [0.5, 0.6) is 5.75 Å². The number of benzene rings is 2. The first-order valence-electron chi connectivity index (χ1n) is 25.9. The topological polar surface area (TPSA) is 174 Å². The second kappa shape index (κ2) is 17.8. The lowest BCUT2D eigenvalue weighted by atomic mass is 9.47. The maximum atomic E-state index is 15.6. The number of H-pyrrole nitrogens is 1. The molecule has 1 aromatic heterocycles. The SMILES string of the molecule is CC[C@]1(O)C[C@@H]2CN(CCc3c([nH]c4ccccc34)[C@@](C(=O)OC)(c3cc4c(cc3OC)N(C)[C@H]3[C@@](O)(C(=O)OC)[C@H](O[Si]5(CCCCC(=O)O)CCCCC5)[C@]5(CC)C=CCN6CC[C@]43C65)C2)C1. The van der Waals surface area contributed by atoms with Crippen LogP contribution in [0.4, 0.5) is 5.69 Å². The van der Waals surface area contributed by atoms with Crippen LogP contribution in [0.15, 0.2) is 48.6 Å². The van der Waals surface area contributed by atoms with E-state index in [9.17, 15) is 20.1 Å². The molecule has 7 aliphatic rings. The van der Waals surface area contributed by atoms with Gasteiger partial charge in [-0.1, -0.05) is 69.9 Å². The van der Waals surface area contributed by atoms with Crippen molar-refractivity contribution < 1.29 is 48.3 Å². The number of aliphatic carboxylic acids is 1. The number of piperidine rings is 1. The molecule has 1 aliphatic carbocycles. The maximum absolute atomic E-state index is 15.6. The summed E-state index contributed by atoms with van der Waals surface area (Å²) in [5.74, 6) is -1.56. The fourth-order valence-corrected chi connectivity index (χ4v) is 20.6. The van der Waals surface area contributed by atoms with Gasteiger partial charge in [-0.3, -0.25) is 19.4 Å². The third kappa shape index (κ3) is 7.12. The van der Waals surface area contributed by atoms with Gasteiger partial charge in [0.25, 0.3) is 0 Å². The molecule has 0 radical (unpaired) electrons. The largest absolute Gasteiger partial charge is 0.496 e. The average Bonchev–Trinajstić information content (AvgIpc) is 4.02. The third-order valence-electron chi connectivity index (χ3n) is 18.7. The molecule has 0 amide bonds. The van der Waals surface area contributed by atoms with Crippen LogP contribution in [0.2, 0.25) is 18.1 Å². The first-order valence-corrected chi connectivity index (χ1v) is 28.4. The van der Waals surface area contributed by atoms with Gasteiger partial charge in [-0.15, -0.1) is 0 Å². The highest BCUT2D eigenvalue weighted by Crippen LogP contribution is 2.69. The molecule has 7 heterocycles. The average molecular weight is 967 g/mol. The molecule has 15 heteroatoms. The number of unbranched alkanes of at least 4 members (excludes halogenated alkanes) is 1. The Morgan fingerprint density at radius 3 is 2.39 bits per heavy atom. The van der Waals surface area contributed by atoms with E-state index in [1.54, 1.807) is 7.11 Å². The molecule has 10 rings (SSSR count). The molecule has 3 saturated heterocycles. The van der Waals surface area contributed by atoms with E-state index in [-0.39, 0.29) is 18.4 Å². The van der Waals surface area contributed by atoms with E-state index in [0.29, 0.717) is 95.4 Å². The number of ether oxygens (including phenoxy) is 3. The van der Waals surface area contributed by atoms with Crippen molar-refractivity contribution in [2.45, 2.75) is 149 Å². The van der Waals surface area contributed by atoms with Crippen LogP contribution in [0.3, 0.4) is 0 Å². The number of hydrogen-bond donors (Lipinski definition) is 4.